The smallest absolute Gasteiger partial charge is 0.259 e. The summed E-state index contributed by atoms with van der Waals surface area (Å²) in [4.78, 5) is 4.53. The summed E-state index contributed by atoms with van der Waals surface area (Å²) in [5.41, 5.74) is 11.0. The van der Waals surface area contributed by atoms with Gasteiger partial charge < -0.3 is 28.1 Å². The van der Waals surface area contributed by atoms with Crippen molar-refractivity contribution in [3.05, 3.63) is 242 Å². The number of aromatic nitrogens is 4. The fourth-order valence-electron chi connectivity index (χ4n) is 10.6. The minimum absolute atomic E-state index is 0.338. The number of ether oxygens (including phenoxy) is 2. The average molecular weight is 947 g/mol. The zero-order chi connectivity index (χ0) is 48.3. The van der Waals surface area contributed by atoms with Crippen LogP contribution in [0.2, 0.25) is 0 Å². The highest BCUT2D eigenvalue weighted by Crippen LogP contribution is 2.55. The molecule has 0 radical (unpaired) electrons. The van der Waals surface area contributed by atoms with Gasteiger partial charge >= 0.3 is 0 Å². The van der Waals surface area contributed by atoms with Crippen LogP contribution in [0.25, 0.3) is 67.4 Å². The lowest BCUT2D eigenvalue weighted by Crippen LogP contribution is -2.50. The maximum absolute atomic E-state index is 7.72. The van der Waals surface area contributed by atoms with Gasteiger partial charge in [0.05, 0.1) is 29.6 Å². The van der Waals surface area contributed by atoms with Crippen molar-refractivity contribution in [2.75, 3.05) is 9.80 Å². The van der Waals surface area contributed by atoms with Crippen LogP contribution in [-0.2, 0) is 12.8 Å². The van der Waals surface area contributed by atoms with E-state index in [1.165, 1.54) is 0 Å². The summed E-state index contributed by atoms with van der Waals surface area (Å²) in [5.74, 6) is 1.77. The Kier molecular flexibility index (Phi) is 9.95. The maximum atomic E-state index is 7.72. The first-order valence-corrected chi connectivity index (χ1v) is 24.3. The largest absolute Gasteiger partial charge is 0.451 e. The third-order valence-electron chi connectivity index (χ3n) is 13.7. The van der Waals surface area contributed by atoms with Crippen molar-refractivity contribution in [2.45, 2.75) is 18.6 Å². The minimum atomic E-state index is -1.29. The predicted octanol–water partition coefficient (Wildman–Crippen LogP) is 15.6. The first-order chi connectivity index (χ1) is 36.1. The van der Waals surface area contributed by atoms with Crippen molar-refractivity contribution in [1.29, 1.82) is 0 Å². The van der Waals surface area contributed by atoms with E-state index in [0.717, 1.165) is 89.0 Å². The molecule has 10 aromatic carbocycles. The Hall–Kier alpha value is -9.80. The molecule has 3 heterocycles. The summed E-state index contributed by atoms with van der Waals surface area (Å²) < 4.78 is 28.3. The number of hydrogen-bond acceptors (Lipinski definition) is 10. The van der Waals surface area contributed by atoms with Crippen molar-refractivity contribution >= 4 is 55.7 Å². The molecule has 1 atom stereocenters. The van der Waals surface area contributed by atoms with Gasteiger partial charge in [0.1, 0.15) is 5.75 Å². The summed E-state index contributed by atoms with van der Waals surface area (Å²) in [6.45, 7) is 0. The molecule has 348 valence electrons. The highest BCUT2D eigenvalue weighted by atomic mass is 16.7. The molecular weight excluding hydrogens is 905 g/mol. The van der Waals surface area contributed by atoms with E-state index in [2.05, 4.69) is 176 Å². The second-order valence-electron chi connectivity index (χ2n) is 18.3. The summed E-state index contributed by atoms with van der Waals surface area (Å²) in [5, 5.41) is 22.2. The first kappa shape index (κ1) is 42.1. The fourth-order valence-corrected chi connectivity index (χ4v) is 10.6. The highest BCUT2D eigenvalue weighted by molar-refractivity contribution is 6.04. The lowest BCUT2D eigenvalue weighted by atomic mass is 9.81. The summed E-state index contributed by atoms with van der Waals surface area (Å²) in [7, 11) is 0. The highest BCUT2D eigenvalue weighted by Gasteiger charge is 2.46. The van der Waals surface area contributed by atoms with Crippen molar-refractivity contribution in [3.8, 4) is 57.3 Å². The Balaban J connectivity index is 0.991. The molecule has 1 aliphatic carbocycles. The standard InChI is InChI=1S/C63H42N6O4/c1-7-19-41(20-8-1)59-64-66-61(70-59)45-35-43-31-33-52(62-67-65-60(71-62)42-21-9-2-10-22-42)53-40-63(39-46(36-45)56(43)53)72-55-38-51(68(47-23-11-3-12-24-47)48-25-13-4-14-26-48)37-44-32-34-54(58(73-63)57(44)55)69(49-27-15-5-16-28-49)50-29-17-6-18-30-50/h1-38H,39-40H2. The van der Waals surface area contributed by atoms with Crippen LogP contribution in [0.5, 0.6) is 11.5 Å². The Morgan fingerprint density at radius 1 is 0.370 bits per heavy atom. The number of hydrogen-bond donors (Lipinski definition) is 0. The van der Waals surface area contributed by atoms with Crippen molar-refractivity contribution in [3.63, 3.8) is 0 Å². The summed E-state index contributed by atoms with van der Waals surface area (Å²) >= 11 is 0. The van der Waals surface area contributed by atoms with Gasteiger partial charge in [0.25, 0.3) is 5.79 Å². The monoisotopic (exact) mass is 946 g/mol. The first-order valence-electron chi connectivity index (χ1n) is 24.3. The van der Waals surface area contributed by atoms with Gasteiger partial charge in [-0.25, -0.2) is 0 Å². The molecule has 1 unspecified atom stereocenters. The van der Waals surface area contributed by atoms with E-state index in [1.54, 1.807) is 0 Å². The zero-order valence-electron chi connectivity index (χ0n) is 39.2. The molecule has 2 aliphatic rings. The summed E-state index contributed by atoms with van der Waals surface area (Å²) in [6.07, 6.45) is 0.703. The van der Waals surface area contributed by atoms with Crippen LogP contribution in [0.15, 0.2) is 239 Å². The van der Waals surface area contributed by atoms with E-state index in [1.807, 2.05) is 84.9 Å². The third-order valence-corrected chi connectivity index (χ3v) is 13.7. The van der Waals surface area contributed by atoms with E-state index >= 15 is 0 Å². The fraction of sp³-hybridized carbons (Fsp3) is 0.0476. The lowest BCUT2D eigenvalue weighted by molar-refractivity contribution is -0.118. The van der Waals surface area contributed by atoms with Gasteiger partial charge in [0, 0.05) is 51.1 Å². The van der Waals surface area contributed by atoms with Crippen LogP contribution < -0.4 is 19.3 Å². The SMILES string of the molecule is c1ccc(-c2nnc(-c3cc4c5c(c(-c6nnc(-c7ccccc7)o6)ccc5c3)CC3(C4)Oc4cc(N(c5ccccc5)c5ccccc5)cc5ccc(N(c6ccccc6)c6ccccc6)c(c45)O3)o2)cc1. The Morgan fingerprint density at radius 3 is 1.42 bits per heavy atom. The van der Waals surface area contributed by atoms with Gasteiger partial charge in [-0.3, -0.25) is 0 Å². The molecule has 0 bridgehead atoms. The van der Waals surface area contributed by atoms with E-state index in [9.17, 15) is 0 Å². The molecule has 0 fully saturated rings. The summed E-state index contributed by atoms with van der Waals surface area (Å²) in [6, 6.07) is 78.5. The van der Waals surface area contributed by atoms with E-state index in [4.69, 9.17) is 18.3 Å². The Morgan fingerprint density at radius 2 is 0.849 bits per heavy atom. The molecule has 12 aromatic rings. The van der Waals surface area contributed by atoms with Gasteiger partial charge in [-0.05, 0) is 130 Å². The molecule has 2 aromatic heterocycles. The number of anilines is 6. The van der Waals surface area contributed by atoms with Crippen molar-refractivity contribution in [2.24, 2.45) is 0 Å². The molecular formula is C63H42N6O4. The van der Waals surface area contributed by atoms with E-state index < -0.39 is 5.79 Å². The molecule has 10 heteroatoms. The van der Waals surface area contributed by atoms with E-state index in [-0.39, 0.29) is 0 Å². The zero-order valence-corrected chi connectivity index (χ0v) is 39.2. The molecule has 0 saturated heterocycles. The van der Waals surface area contributed by atoms with Crippen molar-refractivity contribution < 1.29 is 18.3 Å². The number of benzene rings is 10. The average Bonchev–Trinajstić information content (AvgIpc) is 4.16. The second-order valence-corrected chi connectivity index (χ2v) is 18.3. The normalized spacial score (nSPS) is 14.5. The van der Waals surface area contributed by atoms with Crippen LogP contribution in [0.1, 0.15) is 11.1 Å². The predicted molar refractivity (Wildman–Crippen MR) is 286 cm³/mol. The Bertz CT molecular complexity index is 3910. The molecule has 1 spiro atoms. The van der Waals surface area contributed by atoms with E-state index in [0.29, 0.717) is 47.9 Å². The molecule has 10 nitrogen and oxygen atoms in total. The number of rotatable bonds is 10. The van der Waals surface area contributed by atoms with Crippen LogP contribution in [0.3, 0.4) is 0 Å². The van der Waals surface area contributed by atoms with Gasteiger partial charge in [0.2, 0.25) is 23.6 Å². The van der Waals surface area contributed by atoms with Crippen LogP contribution in [-0.4, -0.2) is 26.2 Å². The van der Waals surface area contributed by atoms with Crippen LogP contribution >= 0.6 is 0 Å². The van der Waals surface area contributed by atoms with Crippen LogP contribution in [0, 0.1) is 0 Å². The molecule has 14 rings (SSSR count). The molecule has 0 amide bonds. The number of nitrogens with zero attached hydrogens (tertiary/aromatic N) is 6. The maximum Gasteiger partial charge on any atom is 0.259 e. The Labute approximate surface area is 420 Å². The molecule has 0 saturated carbocycles. The minimum Gasteiger partial charge on any atom is -0.451 e. The lowest BCUT2D eigenvalue weighted by Gasteiger charge is -2.43. The number of para-hydroxylation sites is 4. The van der Waals surface area contributed by atoms with Gasteiger partial charge in [-0.1, -0.05) is 121 Å². The van der Waals surface area contributed by atoms with Gasteiger partial charge in [-0.15, -0.1) is 20.4 Å². The van der Waals surface area contributed by atoms with Crippen molar-refractivity contribution in [1.82, 2.24) is 20.4 Å². The second kappa shape index (κ2) is 17.3. The van der Waals surface area contributed by atoms with Crippen LogP contribution in [0.4, 0.5) is 34.1 Å². The topological polar surface area (TPSA) is 103 Å². The molecule has 0 N–H and O–H groups in total. The third kappa shape index (κ3) is 7.43. The molecule has 73 heavy (non-hydrogen) atoms. The van der Waals surface area contributed by atoms with Gasteiger partial charge in [0.15, 0.2) is 5.75 Å². The molecule has 1 aliphatic heterocycles. The quantitative estimate of drug-likeness (QED) is 0.132. The van der Waals surface area contributed by atoms with Gasteiger partial charge in [-0.2, -0.15) is 0 Å².